The van der Waals surface area contributed by atoms with E-state index in [0.717, 1.165) is 43.8 Å². The number of aromatic nitrogens is 2. The van der Waals surface area contributed by atoms with Crippen LogP contribution in [0.4, 0.5) is 13.2 Å². The predicted octanol–water partition coefficient (Wildman–Crippen LogP) is 3.20. The van der Waals surface area contributed by atoms with Gasteiger partial charge in [-0.25, -0.2) is 4.98 Å². The zero-order chi connectivity index (χ0) is 21.8. The number of halogens is 3. The Morgan fingerprint density at radius 1 is 1.10 bits per heavy atom. The summed E-state index contributed by atoms with van der Waals surface area (Å²) in [4.78, 5) is 25.4. The lowest BCUT2D eigenvalue weighted by atomic mass is 9.93. The van der Waals surface area contributed by atoms with E-state index in [1.165, 1.54) is 12.3 Å². The molecule has 0 radical (unpaired) electrons. The SMILES string of the molecule is O=C(CN1CCOCC1)N1CCC(c2cncc(-c3cccc(C(F)(F)F)c3)n2)CC1. The van der Waals surface area contributed by atoms with Gasteiger partial charge in [-0.2, -0.15) is 13.2 Å². The molecular weight excluding hydrogens is 409 g/mol. The van der Waals surface area contributed by atoms with E-state index in [9.17, 15) is 18.0 Å². The van der Waals surface area contributed by atoms with Gasteiger partial charge in [0.15, 0.2) is 0 Å². The Kier molecular flexibility index (Phi) is 6.52. The molecule has 0 unspecified atom stereocenters. The van der Waals surface area contributed by atoms with Crippen LogP contribution in [0.2, 0.25) is 0 Å². The minimum atomic E-state index is -4.40. The zero-order valence-corrected chi connectivity index (χ0v) is 17.1. The van der Waals surface area contributed by atoms with Crippen molar-refractivity contribution in [2.75, 3.05) is 45.9 Å². The predicted molar refractivity (Wildman–Crippen MR) is 108 cm³/mol. The van der Waals surface area contributed by atoms with Crippen molar-refractivity contribution in [1.29, 1.82) is 0 Å². The molecule has 31 heavy (non-hydrogen) atoms. The second-order valence-corrected chi connectivity index (χ2v) is 7.95. The minimum absolute atomic E-state index is 0.129. The number of likely N-dealkylation sites (tertiary alicyclic amines) is 1. The summed E-state index contributed by atoms with van der Waals surface area (Å²) < 4.78 is 44.4. The summed E-state index contributed by atoms with van der Waals surface area (Å²) in [7, 11) is 0. The van der Waals surface area contributed by atoms with E-state index >= 15 is 0 Å². The van der Waals surface area contributed by atoms with Crippen molar-refractivity contribution in [3.63, 3.8) is 0 Å². The van der Waals surface area contributed by atoms with Crippen LogP contribution in [-0.4, -0.2) is 71.6 Å². The van der Waals surface area contributed by atoms with Gasteiger partial charge in [-0.15, -0.1) is 0 Å². The number of carbonyl (C=O) groups is 1. The highest BCUT2D eigenvalue weighted by molar-refractivity contribution is 5.78. The summed E-state index contributed by atoms with van der Waals surface area (Å²) in [5, 5.41) is 0. The third-order valence-electron chi connectivity index (χ3n) is 5.87. The highest BCUT2D eigenvalue weighted by Crippen LogP contribution is 2.32. The minimum Gasteiger partial charge on any atom is -0.379 e. The van der Waals surface area contributed by atoms with Crippen LogP contribution in [0.3, 0.4) is 0 Å². The summed E-state index contributed by atoms with van der Waals surface area (Å²) in [5.41, 5.74) is 0.871. The number of ether oxygens (including phenoxy) is 1. The highest BCUT2D eigenvalue weighted by Gasteiger charge is 2.31. The molecule has 166 valence electrons. The fraction of sp³-hybridized carbons (Fsp3) is 0.500. The second-order valence-electron chi connectivity index (χ2n) is 7.95. The van der Waals surface area contributed by atoms with Gasteiger partial charge in [0, 0.05) is 43.9 Å². The number of hydrogen-bond acceptors (Lipinski definition) is 5. The molecule has 2 aromatic rings. The molecule has 1 aromatic heterocycles. The Morgan fingerprint density at radius 3 is 2.55 bits per heavy atom. The fourth-order valence-corrected chi connectivity index (χ4v) is 4.05. The van der Waals surface area contributed by atoms with Gasteiger partial charge in [-0.1, -0.05) is 12.1 Å². The van der Waals surface area contributed by atoms with Crippen LogP contribution in [0, 0.1) is 0 Å². The first kappa shape index (κ1) is 21.7. The van der Waals surface area contributed by atoms with E-state index in [2.05, 4.69) is 14.9 Å². The molecular formula is C22H25F3N4O2. The first-order valence-corrected chi connectivity index (χ1v) is 10.5. The molecule has 0 bridgehead atoms. The number of rotatable bonds is 4. The number of piperidine rings is 1. The summed E-state index contributed by atoms with van der Waals surface area (Å²) in [6.45, 7) is 4.58. The average molecular weight is 434 g/mol. The molecule has 2 aliphatic rings. The number of carbonyl (C=O) groups excluding carboxylic acids is 1. The summed E-state index contributed by atoms with van der Waals surface area (Å²) >= 11 is 0. The first-order chi connectivity index (χ1) is 14.9. The van der Waals surface area contributed by atoms with E-state index in [-0.39, 0.29) is 11.8 Å². The molecule has 2 aliphatic heterocycles. The fourth-order valence-electron chi connectivity index (χ4n) is 4.05. The Hall–Kier alpha value is -2.52. The van der Waals surface area contributed by atoms with Crippen LogP contribution in [0.1, 0.15) is 30.0 Å². The largest absolute Gasteiger partial charge is 0.416 e. The molecule has 9 heteroatoms. The number of morpholine rings is 1. The van der Waals surface area contributed by atoms with E-state index < -0.39 is 11.7 Å². The van der Waals surface area contributed by atoms with Crippen LogP contribution in [0.25, 0.3) is 11.3 Å². The maximum atomic E-state index is 13.0. The number of amides is 1. The zero-order valence-electron chi connectivity index (χ0n) is 17.1. The highest BCUT2D eigenvalue weighted by atomic mass is 19.4. The van der Waals surface area contributed by atoms with E-state index in [0.29, 0.717) is 44.1 Å². The average Bonchev–Trinajstić information content (AvgIpc) is 2.79. The van der Waals surface area contributed by atoms with Crippen LogP contribution >= 0.6 is 0 Å². The maximum Gasteiger partial charge on any atom is 0.416 e. The van der Waals surface area contributed by atoms with Crippen molar-refractivity contribution in [1.82, 2.24) is 19.8 Å². The van der Waals surface area contributed by atoms with Gasteiger partial charge in [-0.05, 0) is 25.0 Å². The van der Waals surface area contributed by atoms with E-state index in [1.807, 2.05) is 4.90 Å². The van der Waals surface area contributed by atoms with Crippen LogP contribution in [-0.2, 0) is 15.7 Å². The van der Waals surface area contributed by atoms with Gasteiger partial charge in [0.25, 0.3) is 0 Å². The molecule has 0 N–H and O–H groups in total. The molecule has 3 heterocycles. The van der Waals surface area contributed by atoms with Crippen molar-refractivity contribution >= 4 is 5.91 Å². The van der Waals surface area contributed by atoms with Gasteiger partial charge in [0.05, 0.1) is 42.9 Å². The van der Waals surface area contributed by atoms with E-state index in [1.54, 1.807) is 12.3 Å². The van der Waals surface area contributed by atoms with Crippen LogP contribution in [0.5, 0.6) is 0 Å². The van der Waals surface area contributed by atoms with Gasteiger partial charge in [-0.3, -0.25) is 14.7 Å². The van der Waals surface area contributed by atoms with Crippen molar-refractivity contribution in [2.45, 2.75) is 24.9 Å². The smallest absolute Gasteiger partial charge is 0.379 e. The number of alkyl halides is 3. The molecule has 2 fully saturated rings. The van der Waals surface area contributed by atoms with Gasteiger partial charge in [0.2, 0.25) is 5.91 Å². The molecule has 0 spiro atoms. The lowest BCUT2D eigenvalue weighted by molar-refractivity contribution is -0.137. The molecule has 0 aliphatic carbocycles. The van der Waals surface area contributed by atoms with Crippen molar-refractivity contribution in [3.05, 3.63) is 47.9 Å². The molecule has 0 atom stereocenters. The third kappa shape index (κ3) is 5.40. The summed E-state index contributed by atoms with van der Waals surface area (Å²) in [6.07, 6.45) is 0.278. The van der Waals surface area contributed by atoms with Gasteiger partial charge >= 0.3 is 6.18 Å². The monoisotopic (exact) mass is 434 g/mol. The van der Waals surface area contributed by atoms with Crippen LogP contribution in [0.15, 0.2) is 36.7 Å². The molecule has 4 rings (SSSR count). The van der Waals surface area contributed by atoms with Gasteiger partial charge < -0.3 is 9.64 Å². The second kappa shape index (κ2) is 9.32. The first-order valence-electron chi connectivity index (χ1n) is 10.5. The number of hydrogen-bond donors (Lipinski definition) is 0. The van der Waals surface area contributed by atoms with Crippen molar-refractivity contribution in [3.8, 4) is 11.3 Å². The molecule has 0 saturated carbocycles. The summed E-state index contributed by atoms with van der Waals surface area (Å²) in [5.74, 6) is 0.259. The Labute approximate surface area is 179 Å². The quantitative estimate of drug-likeness (QED) is 0.740. The Bertz CT molecular complexity index is 908. The standard InChI is InChI=1S/C22H25F3N4O2/c23-22(24,25)18-3-1-2-17(12-18)20-14-26-13-19(27-20)16-4-6-29(7-5-16)21(30)15-28-8-10-31-11-9-28/h1-3,12-14,16H,4-11,15H2. The van der Waals surface area contributed by atoms with E-state index in [4.69, 9.17) is 4.74 Å². The summed E-state index contributed by atoms with van der Waals surface area (Å²) in [6, 6.07) is 5.13. The molecule has 2 saturated heterocycles. The lowest BCUT2D eigenvalue weighted by Gasteiger charge is -2.34. The number of nitrogens with zero attached hydrogens (tertiary/aromatic N) is 4. The molecule has 1 amide bonds. The van der Waals surface area contributed by atoms with Crippen molar-refractivity contribution < 1.29 is 22.7 Å². The maximum absolute atomic E-state index is 13.0. The van der Waals surface area contributed by atoms with Gasteiger partial charge in [0.1, 0.15) is 0 Å². The molecule has 6 nitrogen and oxygen atoms in total. The van der Waals surface area contributed by atoms with Crippen molar-refractivity contribution in [2.24, 2.45) is 0 Å². The normalized spacial score (nSPS) is 18.9. The Balaban J connectivity index is 1.39. The van der Waals surface area contributed by atoms with Crippen LogP contribution < -0.4 is 0 Å². The Morgan fingerprint density at radius 2 is 1.84 bits per heavy atom. The topological polar surface area (TPSA) is 58.6 Å². The lowest BCUT2D eigenvalue weighted by Crippen LogP contribution is -2.46. The molecule has 1 aromatic carbocycles. The third-order valence-corrected chi connectivity index (χ3v) is 5.87. The number of benzene rings is 1.